The lowest BCUT2D eigenvalue weighted by Gasteiger charge is -2.42. The van der Waals surface area contributed by atoms with Gasteiger partial charge in [-0.3, -0.25) is 0 Å². The molecule has 2 aliphatic heterocycles. The van der Waals surface area contributed by atoms with Gasteiger partial charge in [0.05, 0.1) is 24.2 Å². The van der Waals surface area contributed by atoms with Gasteiger partial charge < -0.3 is 14.1 Å². The highest BCUT2D eigenvalue weighted by atomic mass is 35.5. The Balaban J connectivity index is 1.57. The average Bonchev–Trinajstić information content (AvgIpc) is 3.17. The lowest BCUT2D eigenvalue weighted by Crippen LogP contribution is -2.47. The molecule has 4 atom stereocenters. The Bertz CT molecular complexity index is 703. The molecule has 2 fully saturated rings. The van der Waals surface area contributed by atoms with Gasteiger partial charge in [0.2, 0.25) is 0 Å². The van der Waals surface area contributed by atoms with E-state index in [1.165, 1.54) is 18.4 Å². The van der Waals surface area contributed by atoms with E-state index in [2.05, 4.69) is 18.0 Å². The number of hydrogen-bond donors (Lipinski definition) is 0. The molecule has 1 aromatic carbocycles. The molecule has 128 valence electrons. The van der Waals surface area contributed by atoms with Crippen LogP contribution >= 0.6 is 23.2 Å². The van der Waals surface area contributed by atoms with Crippen molar-refractivity contribution in [2.75, 3.05) is 13.7 Å². The van der Waals surface area contributed by atoms with Gasteiger partial charge in [0.25, 0.3) is 0 Å². The summed E-state index contributed by atoms with van der Waals surface area (Å²) < 4.78 is 11.4. The molecule has 24 heavy (non-hydrogen) atoms. The zero-order valence-corrected chi connectivity index (χ0v) is 15.1. The first-order valence-corrected chi connectivity index (χ1v) is 9.21. The Morgan fingerprint density at radius 1 is 1.25 bits per heavy atom. The van der Waals surface area contributed by atoms with Crippen molar-refractivity contribution in [2.45, 2.75) is 37.3 Å². The fourth-order valence-electron chi connectivity index (χ4n) is 4.46. The van der Waals surface area contributed by atoms with E-state index in [0.29, 0.717) is 46.3 Å². The van der Waals surface area contributed by atoms with Crippen LogP contribution in [0, 0.1) is 5.92 Å². The summed E-state index contributed by atoms with van der Waals surface area (Å²) >= 11 is 12.4. The maximum Gasteiger partial charge on any atom is 0.139 e. The monoisotopic (exact) mass is 365 g/mol. The number of hydrogen-bond acceptors (Lipinski definition) is 3. The molecular weight excluding hydrogens is 345 g/mol. The molecule has 2 unspecified atom stereocenters. The predicted octanol–water partition coefficient (Wildman–Crippen LogP) is 5.23. The van der Waals surface area contributed by atoms with E-state index in [-0.39, 0.29) is 0 Å². The molecule has 0 spiro atoms. The number of rotatable bonds is 4. The van der Waals surface area contributed by atoms with Gasteiger partial charge in [-0.15, -0.1) is 0 Å². The molecule has 2 aliphatic rings. The van der Waals surface area contributed by atoms with Crippen molar-refractivity contribution < 1.29 is 9.15 Å². The summed E-state index contributed by atoms with van der Waals surface area (Å²) in [5.74, 6) is 1.55. The zero-order chi connectivity index (χ0) is 16.7. The summed E-state index contributed by atoms with van der Waals surface area (Å²) in [6.07, 6.45) is 7.30. The Morgan fingerprint density at radius 3 is 2.92 bits per heavy atom. The molecule has 5 heteroatoms. The minimum atomic E-state index is 0.418. The fraction of sp³-hybridized carbons (Fsp3) is 0.474. The molecule has 0 N–H and O–H groups in total. The summed E-state index contributed by atoms with van der Waals surface area (Å²) in [4.78, 5) is 2.53. The Morgan fingerprint density at radius 2 is 2.12 bits per heavy atom. The van der Waals surface area contributed by atoms with Crippen LogP contribution in [0.5, 0.6) is 5.75 Å². The first kappa shape index (κ1) is 16.3. The quantitative estimate of drug-likeness (QED) is 0.741. The first-order valence-electron chi connectivity index (χ1n) is 8.46. The van der Waals surface area contributed by atoms with Crippen molar-refractivity contribution in [2.24, 2.45) is 5.92 Å². The molecule has 0 aliphatic carbocycles. The van der Waals surface area contributed by atoms with Crippen LogP contribution in [0.15, 0.2) is 41.2 Å². The molecule has 2 bridgehead atoms. The SMILES string of the molecule is CN1C2CCC1[C@H](COc1cccc(Cl)c1Cl)[C@@H](c1ccoc1)C2. The van der Waals surface area contributed by atoms with Gasteiger partial charge in [-0.05, 0) is 56.0 Å². The highest BCUT2D eigenvalue weighted by Crippen LogP contribution is 2.46. The zero-order valence-electron chi connectivity index (χ0n) is 13.6. The van der Waals surface area contributed by atoms with Gasteiger partial charge in [0.1, 0.15) is 10.8 Å². The molecule has 2 saturated heterocycles. The van der Waals surface area contributed by atoms with Gasteiger partial charge in [0, 0.05) is 18.0 Å². The van der Waals surface area contributed by atoms with Gasteiger partial charge in [-0.2, -0.15) is 0 Å². The summed E-state index contributed by atoms with van der Waals surface area (Å²) in [6, 6.07) is 8.83. The third-order valence-corrected chi connectivity index (χ3v) is 6.55. The van der Waals surface area contributed by atoms with E-state index in [1.807, 2.05) is 18.4 Å². The Labute approximate surface area is 152 Å². The largest absolute Gasteiger partial charge is 0.492 e. The molecule has 2 aromatic rings. The van der Waals surface area contributed by atoms with Crippen LogP contribution in [0.25, 0.3) is 0 Å². The second-order valence-electron chi connectivity index (χ2n) is 6.89. The first-order chi connectivity index (χ1) is 11.6. The van der Waals surface area contributed by atoms with Gasteiger partial charge in [0.15, 0.2) is 0 Å². The third kappa shape index (κ3) is 2.83. The number of halogens is 2. The normalized spacial score (nSPS) is 29.8. The van der Waals surface area contributed by atoms with E-state index in [1.54, 1.807) is 12.3 Å². The van der Waals surface area contributed by atoms with Crippen molar-refractivity contribution in [3.05, 3.63) is 52.4 Å². The highest BCUT2D eigenvalue weighted by molar-refractivity contribution is 6.42. The van der Waals surface area contributed by atoms with Gasteiger partial charge in [-0.25, -0.2) is 0 Å². The minimum absolute atomic E-state index is 0.418. The van der Waals surface area contributed by atoms with Crippen LogP contribution in [0.3, 0.4) is 0 Å². The standard InChI is InChI=1S/C19H21Cl2NO2/c1-22-13-5-6-17(22)15(14(9-13)12-7-8-23-10-12)11-24-18-4-2-3-16(20)19(18)21/h2-4,7-8,10,13-15,17H,5-6,9,11H2,1H3/t13?,14-,15-,17?/m1/s1. The van der Waals surface area contributed by atoms with E-state index in [4.69, 9.17) is 32.4 Å². The van der Waals surface area contributed by atoms with Crippen LogP contribution in [0.1, 0.15) is 30.7 Å². The number of nitrogens with zero attached hydrogens (tertiary/aromatic N) is 1. The van der Waals surface area contributed by atoms with Crippen molar-refractivity contribution in [3.63, 3.8) is 0 Å². The summed E-state index contributed by atoms with van der Waals surface area (Å²) in [6.45, 7) is 0.637. The molecule has 0 amide bonds. The van der Waals surface area contributed by atoms with E-state index in [9.17, 15) is 0 Å². The van der Waals surface area contributed by atoms with Crippen molar-refractivity contribution in [1.29, 1.82) is 0 Å². The van der Waals surface area contributed by atoms with Gasteiger partial charge >= 0.3 is 0 Å². The maximum atomic E-state index is 6.27. The molecule has 3 heterocycles. The lowest BCUT2D eigenvalue weighted by molar-refractivity contribution is 0.0664. The molecule has 1 aromatic heterocycles. The second-order valence-corrected chi connectivity index (χ2v) is 7.67. The van der Waals surface area contributed by atoms with E-state index < -0.39 is 0 Å². The number of ether oxygens (including phenoxy) is 1. The third-order valence-electron chi connectivity index (χ3n) is 5.75. The van der Waals surface area contributed by atoms with Crippen molar-refractivity contribution in [1.82, 2.24) is 4.90 Å². The summed E-state index contributed by atoms with van der Waals surface area (Å²) in [5.41, 5.74) is 1.28. The smallest absolute Gasteiger partial charge is 0.139 e. The number of furan rings is 1. The number of piperidine rings is 1. The average molecular weight is 366 g/mol. The topological polar surface area (TPSA) is 25.6 Å². The lowest BCUT2D eigenvalue weighted by atomic mass is 9.77. The summed E-state index contributed by atoms with van der Waals surface area (Å²) in [7, 11) is 2.24. The second kappa shape index (κ2) is 6.62. The van der Waals surface area contributed by atoms with Crippen molar-refractivity contribution >= 4 is 23.2 Å². The Kier molecular flexibility index (Phi) is 4.50. The van der Waals surface area contributed by atoms with Crippen LogP contribution in [-0.4, -0.2) is 30.6 Å². The van der Waals surface area contributed by atoms with Crippen LogP contribution in [0.2, 0.25) is 10.0 Å². The van der Waals surface area contributed by atoms with E-state index >= 15 is 0 Å². The predicted molar refractivity (Wildman–Crippen MR) is 96.1 cm³/mol. The fourth-order valence-corrected chi connectivity index (χ4v) is 4.80. The molecule has 3 nitrogen and oxygen atoms in total. The van der Waals surface area contributed by atoms with Crippen LogP contribution in [0.4, 0.5) is 0 Å². The van der Waals surface area contributed by atoms with E-state index in [0.717, 1.165) is 6.42 Å². The highest BCUT2D eigenvalue weighted by Gasteiger charge is 2.46. The maximum absolute atomic E-state index is 6.27. The van der Waals surface area contributed by atoms with Gasteiger partial charge in [-0.1, -0.05) is 29.3 Å². The molecule has 0 radical (unpaired) electrons. The molecule has 4 rings (SSSR count). The summed E-state index contributed by atoms with van der Waals surface area (Å²) in [5, 5.41) is 1.02. The number of fused-ring (bicyclic) bond motifs is 2. The number of benzene rings is 1. The minimum Gasteiger partial charge on any atom is -0.492 e. The molecular formula is C19H21Cl2NO2. The van der Waals surface area contributed by atoms with Crippen LogP contribution < -0.4 is 4.74 Å². The molecule has 0 saturated carbocycles. The van der Waals surface area contributed by atoms with Crippen molar-refractivity contribution in [3.8, 4) is 5.75 Å². The Hall–Kier alpha value is -1.16. The van der Waals surface area contributed by atoms with Crippen LogP contribution in [-0.2, 0) is 0 Å².